The Morgan fingerprint density at radius 3 is 2.81 bits per heavy atom. The number of fused-ring (bicyclic) bond motifs is 1. The van der Waals surface area contributed by atoms with E-state index in [4.69, 9.17) is 0 Å². The Kier molecular flexibility index (Phi) is 3.95. The molecule has 0 saturated carbocycles. The monoisotopic (exact) mass is 348 g/mol. The lowest BCUT2D eigenvalue weighted by Crippen LogP contribution is -2.44. The number of aromatic nitrogens is 3. The van der Waals surface area contributed by atoms with Gasteiger partial charge >= 0.3 is 0 Å². The van der Waals surface area contributed by atoms with E-state index in [0.29, 0.717) is 18.7 Å². The highest BCUT2D eigenvalue weighted by Gasteiger charge is 2.34. The number of H-pyrrole nitrogens is 1. The predicted octanol–water partition coefficient (Wildman–Crippen LogP) is 2.43. The number of aryl methyl sites for hydroxylation is 2. The second-order valence-electron chi connectivity index (χ2n) is 6.65. The van der Waals surface area contributed by atoms with Crippen molar-refractivity contribution >= 4 is 5.91 Å². The Bertz CT molecular complexity index is 1020. The van der Waals surface area contributed by atoms with Gasteiger partial charge in [-0.3, -0.25) is 14.6 Å². The van der Waals surface area contributed by atoms with E-state index in [1.807, 2.05) is 43.5 Å². The number of nitrogens with one attached hydrogen (secondary N) is 1. The molecule has 0 aliphatic carbocycles. The van der Waals surface area contributed by atoms with E-state index < -0.39 is 0 Å². The maximum absolute atomic E-state index is 13.3. The molecule has 6 heteroatoms. The molecule has 3 aromatic heterocycles. The third-order valence-electron chi connectivity index (χ3n) is 4.88. The molecule has 4 rings (SSSR count). The molecule has 0 saturated heterocycles. The van der Waals surface area contributed by atoms with Crippen molar-refractivity contribution in [1.82, 2.24) is 19.4 Å². The van der Waals surface area contributed by atoms with E-state index in [2.05, 4.69) is 14.5 Å². The average Bonchev–Trinajstić information content (AvgIpc) is 3.09. The zero-order valence-corrected chi connectivity index (χ0v) is 14.8. The molecular weight excluding hydrogens is 328 g/mol. The van der Waals surface area contributed by atoms with Crippen LogP contribution in [-0.2, 0) is 6.54 Å². The zero-order chi connectivity index (χ0) is 18.3. The lowest BCUT2D eigenvalue weighted by atomic mass is 9.99. The molecule has 26 heavy (non-hydrogen) atoms. The number of rotatable bonds is 2. The molecule has 1 aliphatic rings. The van der Waals surface area contributed by atoms with Crippen molar-refractivity contribution in [2.75, 3.05) is 6.54 Å². The van der Waals surface area contributed by atoms with Gasteiger partial charge in [-0.05, 0) is 49.2 Å². The molecule has 6 nitrogen and oxygen atoms in total. The van der Waals surface area contributed by atoms with Crippen molar-refractivity contribution in [3.63, 3.8) is 0 Å². The quantitative estimate of drug-likeness (QED) is 0.773. The molecule has 1 amide bonds. The standard InChI is InChI=1S/C20H20N4O2/c1-13-11-14(2)22-19(25)17(13)20(26)24-10-9-23-8-4-6-16(23)18(24)15-5-3-7-21-12-15/h3-8,11-12,18H,9-10H2,1-2H3,(H,22,25)/t18-/m0/s1. The summed E-state index contributed by atoms with van der Waals surface area (Å²) in [5.74, 6) is -0.245. The van der Waals surface area contributed by atoms with Crippen molar-refractivity contribution in [3.8, 4) is 0 Å². The Morgan fingerprint density at radius 1 is 1.23 bits per heavy atom. The SMILES string of the molecule is Cc1cc(C)c(C(=O)N2CCn3cccc3[C@@H]2c2cccnc2)c(=O)[nH]1. The van der Waals surface area contributed by atoms with Gasteiger partial charge in [-0.2, -0.15) is 0 Å². The Balaban J connectivity index is 1.83. The molecular formula is C20H20N4O2. The predicted molar refractivity (Wildman–Crippen MR) is 98.1 cm³/mol. The summed E-state index contributed by atoms with van der Waals surface area (Å²) >= 11 is 0. The summed E-state index contributed by atoms with van der Waals surface area (Å²) < 4.78 is 2.15. The number of nitrogens with zero attached hydrogens (tertiary/aromatic N) is 3. The van der Waals surface area contributed by atoms with Gasteiger partial charge in [-0.15, -0.1) is 0 Å². The van der Waals surface area contributed by atoms with E-state index >= 15 is 0 Å². The highest BCUT2D eigenvalue weighted by Crippen LogP contribution is 2.33. The molecule has 0 spiro atoms. The third-order valence-corrected chi connectivity index (χ3v) is 4.88. The Hall–Kier alpha value is -3.15. The van der Waals surface area contributed by atoms with Crippen LogP contribution in [0.25, 0.3) is 0 Å². The minimum atomic E-state index is -0.335. The largest absolute Gasteiger partial charge is 0.348 e. The number of carbonyl (C=O) groups excluding carboxylic acids is 1. The van der Waals surface area contributed by atoms with Crippen LogP contribution in [0.5, 0.6) is 0 Å². The number of pyridine rings is 2. The molecule has 0 fully saturated rings. The summed E-state index contributed by atoms with van der Waals surface area (Å²) in [6.07, 6.45) is 5.51. The van der Waals surface area contributed by atoms with Crippen molar-refractivity contribution in [2.45, 2.75) is 26.4 Å². The fourth-order valence-corrected chi connectivity index (χ4v) is 3.75. The van der Waals surface area contributed by atoms with Crippen molar-refractivity contribution in [2.24, 2.45) is 0 Å². The first kappa shape index (κ1) is 16.3. The summed E-state index contributed by atoms with van der Waals surface area (Å²) in [4.78, 5) is 34.5. The van der Waals surface area contributed by atoms with Crippen LogP contribution in [0.2, 0.25) is 0 Å². The van der Waals surface area contributed by atoms with Crippen LogP contribution < -0.4 is 5.56 Å². The first-order valence-electron chi connectivity index (χ1n) is 8.62. The van der Waals surface area contributed by atoms with Crippen LogP contribution in [0.3, 0.4) is 0 Å². The van der Waals surface area contributed by atoms with Crippen molar-refractivity contribution in [1.29, 1.82) is 0 Å². The summed E-state index contributed by atoms with van der Waals surface area (Å²) in [5, 5.41) is 0. The first-order valence-corrected chi connectivity index (χ1v) is 8.62. The molecule has 3 aromatic rings. The number of aromatic amines is 1. The smallest absolute Gasteiger partial charge is 0.261 e. The fraction of sp³-hybridized carbons (Fsp3) is 0.250. The van der Waals surface area contributed by atoms with Crippen LogP contribution in [0.4, 0.5) is 0 Å². The Labute approximate surface area is 151 Å². The summed E-state index contributed by atoms with van der Waals surface area (Å²) in [6, 6.07) is 9.40. The van der Waals surface area contributed by atoms with Crippen LogP contribution in [0.15, 0.2) is 53.7 Å². The lowest BCUT2D eigenvalue weighted by molar-refractivity contribution is 0.0661. The number of hydrogen-bond acceptors (Lipinski definition) is 3. The molecule has 0 radical (unpaired) electrons. The van der Waals surface area contributed by atoms with Gasteiger partial charge in [-0.1, -0.05) is 6.07 Å². The summed E-state index contributed by atoms with van der Waals surface area (Å²) in [6.45, 7) is 4.86. The van der Waals surface area contributed by atoms with E-state index in [1.165, 1.54) is 0 Å². The van der Waals surface area contributed by atoms with Crippen molar-refractivity contribution < 1.29 is 4.79 Å². The molecule has 1 aliphatic heterocycles. The third kappa shape index (κ3) is 2.63. The Morgan fingerprint density at radius 2 is 2.08 bits per heavy atom. The zero-order valence-electron chi connectivity index (χ0n) is 14.8. The van der Waals surface area contributed by atoms with Gasteiger partial charge in [0.1, 0.15) is 5.56 Å². The highest BCUT2D eigenvalue weighted by molar-refractivity contribution is 5.95. The van der Waals surface area contributed by atoms with Gasteiger partial charge in [0.15, 0.2) is 0 Å². The molecule has 0 bridgehead atoms. The van der Waals surface area contributed by atoms with E-state index in [9.17, 15) is 9.59 Å². The topological polar surface area (TPSA) is 71.0 Å². The van der Waals surface area contributed by atoms with Crippen molar-refractivity contribution in [3.05, 3.63) is 87.4 Å². The molecule has 0 aromatic carbocycles. The maximum Gasteiger partial charge on any atom is 0.261 e. The average molecular weight is 348 g/mol. The van der Waals surface area contributed by atoms with Gasteiger partial charge in [0, 0.05) is 43.1 Å². The fourth-order valence-electron chi connectivity index (χ4n) is 3.75. The molecule has 0 unspecified atom stereocenters. The number of hydrogen-bond donors (Lipinski definition) is 1. The van der Waals surface area contributed by atoms with Crippen LogP contribution in [-0.4, -0.2) is 31.9 Å². The minimum absolute atomic E-state index is 0.212. The van der Waals surface area contributed by atoms with Crippen LogP contribution >= 0.6 is 0 Å². The summed E-state index contributed by atoms with van der Waals surface area (Å²) in [5.41, 5.74) is 3.28. The van der Waals surface area contributed by atoms with Crippen LogP contribution in [0.1, 0.15) is 38.9 Å². The number of carbonyl (C=O) groups is 1. The van der Waals surface area contributed by atoms with Gasteiger partial charge in [0.05, 0.1) is 6.04 Å². The van der Waals surface area contributed by atoms with Crippen LogP contribution in [0, 0.1) is 13.8 Å². The molecule has 1 N–H and O–H groups in total. The van der Waals surface area contributed by atoms with Gasteiger partial charge in [0.2, 0.25) is 0 Å². The highest BCUT2D eigenvalue weighted by atomic mass is 16.2. The normalized spacial score (nSPS) is 16.4. The molecule has 132 valence electrons. The second-order valence-corrected chi connectivity index (χ2v) is 6.65. The molecule has 1 atom stereocenters. The molecule has 4 heterocycles. The van der Waals surface area contributed by atoms with Gasteiger partial charge < -0.3 is 14.5 Å². The number of amides is 1. The second kappa shape index (κ2) is 6.29. The van der Waals surface area contributed by atoms with Gasteiger partial charge in [-0.25, -0.2) is 0 Å². The van der Waals surface area contributed by atoms with E-state index in [0.717, 1.165) is 17.0 Å². The van der Waals surface area contributed by atoms with Gasteiger partial charge in [0.25, 0.3) is 11.5 Å². The first-order chi connectivity index (χ1) is 12.6. The summed E-state index contributed by atoms with van der Waals surface area (Å²) in [7, 11) is 0. The van der Waals surface area contributed by atoms with E-state index in [-0.39, 0.29) is 23.1 Å². The minimum Gasteiger partial charge on any atom is -0.348 e. The lowest BCUT2D eigenvalue weighted by Gasteiger charge is -2.37. The van der Waals surface area contributed by atoms with E-state index in [1.54, 1.807) is 24.2 Å². The maximum atomic E-state index is 13.3.